The minimum atomic E-state index is 0.187. The van der Waals surface area contributed by atoms with Gasteiger partial charge in [0.15, 0.2) is 0 Å². The van der Waals surface area contributed by atoms with E-state index in [-0.39, 0.29) is 5.41 Å². The van der Waals surface area contributed by atoms with E-state index in [0.717, 1.165) is 6.54 Å². The highest BCUT2D eigenvalue weighted by Crippen LogP contribution is 2.37. The van der Waals surface area contributed by atoms with Gasteiger partial charge < -0.3 is 15.3 Å². The number of aliphatic hydroxyl groups excluding tert-OH is 1. The van der Waals surface area contributed by atoms with Crippen molar-refractivity contribution in [3.05, 3.63) is 0 Å². The summed E-state index contributed by atoms with van der Waals surface area (Å²) in [6, 6.07) is 1.30. The number of nitrogens with zero attached hydrogens (tertiary/aromatic N) is 1. The second-order valence-electron chi connectivity index (χ2n) is 6.85. The zero-order chi connectivity index (χ0) is 13.2. The van der Waals surface area contributed by atoms with E-state index in [0.29, 0.717) is 24.6 Å². The number of hydrogen-bond acceptors (Lipinski definition) is 3. The Bertz CT molecular complexity index is 263. The highest BCUT2D eigenvalue weighted by molar-refractivity contribution is 4.91. The van der Waals surface area contributed by atoms with Crippen molar-refractivity contribution in [3.8, 4) is 0 Å². The van der Waals surface area contributed by atoms with Crippen LogP contribution in [0.3, 0.4) is 0 Å². The zero-order valence-corrected chi connectivity index (χ0v) is 12.3. The maximum Gasteiger partial charge on any atom is 0.0499 e. The summed E-state index contributed by atoms with van der Waals surface area (Å²) in [6.45, 7) is 7.22. The Morgan fingerprint density at radius 2 is 1.94 bits per heavy atom. The highest BCUT2D eigenvalue weighted by Gasteiger charge is 2.35. The van der Waals surface area contributed by atoms with E-state index >= 15 is 0 Å². The lowest BCUT2D eigenvalue weighted by molar-refractivity contribution is 0.0911. The largest absolute Gasteiger partial charge is 0.396 e. The molecule has 3 atom stereocenters. The average Bonchev–Trinajstić information content (AvgIpc) is 2.82. The third kappa shape index (κ3) is 3.06. The number of likely N-dealkylation sites (tertiary alicyclic amines) is 1. The van der Waals surface area contributed by atoms with Crippen LogP contribution in [0.25, 0.3) is 0 Å². The van der Waals surface area contributed by atoms with Gasteiger partial charge in [0.1, 0.15) is 0 Å². The van der Waals surface area contributed by atoms with Crippen LogP contribution in [0.4, 0.5) is 0 Å². The van der Waals surface area contributed by atoms with E-state index in [4.69, 9.17) is 0 Å². The Kier molecular flexibility index (Phi) is 4.68. The molecule has 2 rings (SSSR count). The van der Waals surface area contributed by atoms with Gasteiger partial charge in [-0.3, -0.25) is 0 Å². The summed E-state index contributed by atoms with van der Waals surface area (Å²) in [4.78, 5) is 2.46. The summed E-state index contributed by atoms with van der Waals surface area (Å²) in [5.74, 6) is 0.711. The van der Waals surface area contributed by atoms with Crippen molar-refractivity contribution in [3.63, 3.8) is 0 Å². The predicted octanol–water partition coefficient (Wildman–Crippen LogP) is 1.86. The van der Waals surface area contributed by atoms with E-state index in [2.05, 4.69) is 31.1 Å². The molecule has 18 heavy (non-hydrogen) atoms. The van der Waals surface area contributed by atoms with Gasteiger partial charge in [-0.15, -0.1) is 0 Å². The van der Waals surface area contributed by atoms with Crippen LogP contribution in [0, 0.1) is 11.3 Å². The smallest absolute Gasteiger partial charge is 0.0499 e. The van der Waals surface area contributed by atoms with Gasteiger partial charge in [-0.1, -0.05) is 19.8 Å². The SMILES string of the molecule is CC1CN(C)C(C)CC1NCC1(CO)CCCC1. The molecule has 1 aliphatic carbocycles. The molecule has 3 heteroatoms. The molecule has 0 radical (unpaired) electrons. The van der Waals surface area contributed by atoms with Crippen molar-refractivity contribution >= 4 is 0 Å². The van der Waals surface area contributed by atoms with Gasteiger partial charge in [-0.25, -0.2) is 0 Å². The number of nitrogens with one attached hydrogen (secondary N) is 1. The molecular formula is C15H30N2O. The topological polar surface area (TPSA) is 35.5 Å². The lowest BCUT2D eigenvalue weighted by atomic mass is 9.84. The van der Waals surface area contributed by atoms with Crippen molar-refractivity contribution in [2.24, 2.45) is 11.3 Å². The number of aliphatic hydroxyl groups is 1. The monoisotopic (exact) mass is 254 g/mol. The molecule has 1 saturated heterocycles. The summed E-state index contributed by atoms with van der Waals surface area (Å²) < 4.78 is 0. The molecule has 0 aromatic carbocycles. The molecule has 1 heterocycles. The maximum atomic E-state index is 9.66. The Balaban J connectivity index is 1.85. The molecular weight excluding hydrogens is 224 g/mol. The maximum absolute atomic E-state index is 9.66. The number of hydrogen-bond donors (Lipinski definition) is 2. The van der Waals surface area contributed by atoms with E-state index in [1.54, 1.807) is 0 Å². The van der Waals surface area contributed by atoms with Crippen LogP contribution < -0.4 is 5.32 Å². The van der Waals surface area contributed by atoms with Gasteiger partial charge in [-0.05, 0) is 39.2 Å². The van der Waals surface area contributed by atoms with Gasteiger partial charge in [0.25, 0.3) is 0 Å². The van der Waals surface area contributed by atoms with Crippen molar-refractivity contribution < 1.29 is 5.11 Å². The summed E-state index contributed by atoms with van der Waals surface area (Å²) in [5.41, 5.74) is 0.187. The lowest BCUT2D eigenvalue weighted by Gasteiger charge is -2.41. The molecule has 3 nitrogen and oxygen atoms in total. The minimum Gasteiger partial charge on any atom is -0.396 e. The third-order valence-electron chi connectivity index (χ3n) is 5.35. The first-order chi connectivity index (χ1) is 8.56. The summed E-state index contributed by atoms with van der Waals surface area (Å²) in [5, 5.41) is 13.4. The molecule has 3 unspecified atom stereocenters. The molecule has 1 saturated carbocycles. The molecule has 2 N–H and O–H groups in total. The predicted molar refractivity (Wildman–Crippen MR) is 75.7 cm³/mol. The van der Waals surface area contributed by atoms with Crippen LogP contribution in [0.5, 0.6) is 0 Å². The summed E-state index contributed by atoms with van der Waals surface area (Å²) in [7, 11) is 2.23. The highest BCUT2D eigenvalue weighted by atomic mass is 16.3. The summed E-state index contributed by atoms with van der Waals surface area (Å²) in [6.07, 6.45) is 6.22. The van der Waals surface area contributed by atoms with Crippen LogP contribution in [0.1, 0.15) is 46.0 Å². The minimum absolute atomic E-state index is 0.187. The molecule has 0 aromatic rings. The Morgan fingerprint density at radius 3 is 2.56 bits per heavy atom. The van der Waals surface area contributed by atoms with E-state index in [1.807, 2.05) is 0 Å². The van der Waals surface area contributed by atoms with Crippen LogP contribution in [-0.2, 0) is 0 Å². The Labute approximate surface area is 112 Å². The molecule has 1 aliphatic heterocycles. The van der Waals surface area contributed by atoms with Crippen molar-refractivity contribution in [1.29, 1.82) is 0 Å². The van der Waals surface area contributed by atoms with E-state index in [9.17, 15) is 5.11 Å². The lowest BCUT2D eigenvalue weighted by Crippen LogP contribution is -2.53. The van der Waals surface area contributed by atoms with Crippen LogP contribution >= 0.6 is 0 Å². The quantitative estimate of drug-likeness (QED) is 0.804. The van der Waals surface area contributed by atoms with Gasteiger partial charge in [-0.2, -0.15) is 0 Å². The molecule has 0 spiro atoms. The van der Waals surface area contributed by atoms with Gasteiger partial charge in [0.05, 0.1) is 0 Å². The number of rotatable bonds is 4. The van der Waals surface area contributed by atoms with E-state index in [1.165, 1.54) is 38.6 Å². The van der Waals surface area contributed by atoms with Gasteiger partial charge in [0.2, 0.25) is 0 Å². The Morgan fingerprint density at radius 1 is 1.28 bits per heavy atom. The molecule has 106 valence electrons. The number of piperidine rings is 1. The second kappa shape index (κ2) is 5.89. The van der Waals surface area contributed by atoms with Crippen molar-refractivity contribution in [2.45, 2.75) is 58.0 Å². The van der Waals surface area contributed by atoms with Crippen molar-refractivity contribution in [2.75, 3.05) is 26.7 Å². The first-order valence-electron chi connectivity index (χ1n) is 7.61. The van der Waals surface area contributed by atoms with Crippen molar-refractivity contribution in [1.82, 2.24) is 10.2 Å². The normalized spacial score (nSPS) is 37.0. The first kappa shape index (κ1) is 14.3. The standard InChI is InChI=1S/C15H30N2O/c1-12-9-17(3)13(2)8-14(12)16-10-15(11-18)6-4-5-7-15/h12-14,16,18H,4-11H2,1-3H3. The third-order valence-corrected chi connectivity index (χ3v) is 5.35. The molecule has 2 fully saturated rings. The molecule has 0 aromatic heterocycles. The Hall–Kier alpha value is -0.120. The molecule has 2 aliphatic rings. The zero-order valence-electron chi connectivity index (χ0n) is 12.3. The van der Waals surface area contributed by atoms with Gasteiger partial charge >= 0.3 is 0 Å². The average molecular weight is 254 g/mol. The van der Waals surface area contributed by atoms with E-state index < -0.39 is 0 Å². The fraction of sp³-hybridized carbons (Fsp3) is 1.00. The van der Waals surface area contributed by atoms with Gasteiger partial charge in [0, 0.05) is 37.2 Å². The van der Waals surface area contributed by atoms with Crippen LogP contribution in [0.15, 0.2) is 0 Å². The fourth-order valence-electron chi connectivity index (χ4n) is 3.69. The van der Waals surface area contributed by atoms with Crippen LogP contribution in [0.2, 0.25) is 0 Å². The first-order valence-corrected chi connectivity index (χ1v) is 7.61. The molecule has 0 amide bonds. The summed E-state index contributed by atoms with van der Waals surface area (Å²) >= 11 is 0. The molecule has 0 bridgehead atoms. The second-order valence-corrected chi connectivity index (χ2v) is 6.85. The fourth-order valence-corrected chi connectivity index (χ4v) is 3.69. The van der Waals surface area contributed by atoms with Crippen LogP contribution in [-0.4, -0.2) is 48.8 Å².